The summed E-state index contributed by atoms with van der Waals surface area (Å²) in [5.41, 5.74) is 2.09. The van der Waals surface area contributed by atoms with E-state index >= 15 is 0 Å². The van der Waals surface area contributed by atoms with Crippen molar-refractivity contribution in [3.8, 4) is 0 Å². The quantitative estimate of drug-likeness (QED) is 0.588. The Morgan fingerprint density at radius 3 is 2.11 bits per heavy atom. The van der Waals surface area contributed by atoms with Crippen LogP contribution in [-0.4, -0.2) is 18.9 Å². The average Bonchev–Trinajstić information content (AvgIpc) is 2.72. The third kappa shape index (κ3) is 4.54. The molecule has 4 nitrogen and oxygen atoms in total. The molecule has 0 atom stereocenters. The fraction of sp³-hybridized carbons (Fsp3) is 0.0909. The molecular formula is C22H18ClNO3. The van der Waals surface area contributed by atoms with Gasteiger partial charge in [-0.05, 0) is 42.0 Å². The minimum atomic E-state index is -0.546. The van der Waals surface area contributed by atoms with Crippen molar-refractivity contribution in [3.05, 3.63) is 101 Å². The van der Waals surface area contributed by atoms with Crippen LogP contribution in [0.1, 0.15) is 26.3 Å². The fourth-order valence-corrected chi connectivity index (χ4v) is 2.73. The number of hydrogen-bond acceptors (Lipinski definition) is 3. The van der Waals surface area contributed by atoms with Crippen LogP contribution in [0.25, 0.3) is 0 Å². The number of benzene rings is 3. The first-order chi connectivity index (χ1) is 13.1. The molecule has 0 aliphatic rings. The highest BCUT2D eigenvalue weighted by Gasteiger charge is 2.21. The molecule has 0 saturated carbocycles. The Balaban J connectivity index is 1.77. The van der Waals surface area contributed by atoms with Gasteiger partial charge in [0.05, 0.1) is 11.1 Å². The molecule has 136 valence electrons. The van der Waals surface area contributed by atoms with Gasteiger partial charge in [-0.15, -0.1) is 0 Å². The molecule has 0 aromatic heterocycles. The molecule has 1 amide bonds. The first-order valence-electron chi connectivity index (χ1n) is 8.40. The van der Waals surface area contributed by atoms with Crippen LogP contribution in [0, 0.1) is 0 Å². The zero-order chi connectivity index (χ0) is 19.2. The van der Waals surface area contributed by atoms with E-state index in [0.29, 0.717) is 10.6 Å². The minimum absolute atomic E-state index is 0.104. The van der Waals surface area contributed by atoms with Gasteiger partial charge in [0, 0.05) is 17.8 Å². The summed E-state index contributed by atoms with van der Waals surface area (Å²) in [6, 6.07) is 22.9. The highest BCUT2D eigenvalue weighted by molar-refractivity contribution is 6.30. The molecule has 0 aliphatic carbocycles. The SMILES string of the molecule is CN(C(=O)c1ccccc1C(=O)OCc1ccc(Cl)cc1)c1ccccc1. The molecule has 3 rings (SSSR count). The summed E-state index contributed by atoms with van der Waals surface area (Å²) < 4.78 is 5.38. The summed E-state index contributed by atoms with van der Waals surface area (Å²) in [5, 5.41) is 0.616. The maximum absolute atomic E-state index is 12.9. The van der Waals surface area contributed by atoms with E-state index in [1.807, 2.05) is 30.3 Å². The molecule has 0 fully saturated rings. The lowest BCUT2D eigenvalue weighted by atomic mass is 10.1. The number of halogens is 1. The molecule has 0 unspecified atom stereocenters. The van der Waals surface area contributed by atoms with Gasteiger partial charge in [-0.1, -0.05) is 54.1 Å². The number of ether oxygens (including phenoxy) is 1. The van der Waals surface area contributed by atoms with Crippen molar-refractivity contribution < 1.29 is 14.3 Å². The van der Waals surface area contributed by atoms with E-state index in [4.69, 9.17) is 16.3 Å². The van der Waals surface area contributed by atoms with Gasteiger partial charge in [-0.3, -0.25) is 4.79 Å². The predicted octanol–water partition coefficient (Wildman–Crippen LogP) is 4.97. The fourth-order valence-electron chi connectivity index (χ4n) is 2.60. The normalized spacial score (nSPS) is 10.3. The van der Waals surface area contributed by atoms with E-state index < -0.39 is 5.97 Å². The van der Waals surface area contributed by atoms with Crippen LogP contribution in [0.2, 0.25) is 5.02 Å². The monoisotopic (exact) mass is 379 g/mol. The zero-order valence-corrected chi connectivity index (χ0v) is 15.5. The summed E-state index contributed by atoms with van der Waals surface area (Å²) >= 11 is 5.86. The van der Waals surface area contributed by atoms with Crippen molar-refractivity contribution >= 4 is 29.2 Å². The Labute approximate surface area is 163 Å². The molecule has 0 aliphatic heterocycles. The van der Waals surface area contributed by atoms with Crippen molar-refractivity contribution in [2.45, 2.75) is 6.61 Å². The first kappa shape index (κ1) is 18.7. The molecule has 27 heavy (non-hydrogen) atoms. The Morgan fingerprint density at radius 1 is 0.852 bits per heavy atom. The molecule has 3 aromatic rings. The van der Waals surface area contributed by atoms with Crippen LogP contribution in [0.5, 0.6) is 0 Å². The predicted molar refractivity (Wildman–Crippen MR) is 106 cm³/mol. The second-order valence-corrected chi connectivity index (χ2v) is 6.38. The standard InChI is InChI=1S/C22H18ClNO3/c1-24(18-7-3-2-4-8-18)21(25)19-9-5-6-10-20(19)22(26)27-15-16-11-13-17(23)14-12-16/h2-14H,15H2,1H3. The van der Waals surface area contributed by atoms with Crippen LogP contribution in [-0.2, 0) is 11.3 Å². The second-order valence-electron chi connectivity index (χ2n) is 5.95. The molecule has 0 saturated heterocycles. The largest absolute Gasteiger partial charge is 0.457 e. The Kier molecular flexibility index (Phi) is 5.89. The lowest BCUT2D eigenvalue weighted by molar-refractivity contribution is 0.0470. The van der Waals surface area contributed by atoms with Crippen molar-refractivity contribution in [2.75, 3.05) is 11.9 Å². The van der Waals surface area contributed by atoms with E-state index in [1.54, 1.807) is 55.6 Å². The summed E-state index contributed by atoms with van der Waals surface area (Å²) in [7, 11) is 1.67. The number of anilines is 1. The van der Waals surface area contributed by atoms with E-state index in [-0.39, 0.29) is 18.1 Å². The molecule has 0 spiro atoms. The van der Waals surface area contributed by atoms with E-state index in [1.165, 1.54) is 4.90 Å². The summed E-state index contributed by atoms with van der Waals surface area (Å²) in [6.07, 6.45) is 0. The van der Waals surface area contributed by atoms with Gasteiger partial charge in [-0.25, -0.2) is 4.79 Å². The van der Waals surface area contributed by atoms with Gasteiger partial charge in [0.15, 0.2) is 0 Å². The number of esters is 1. The van der Waals surface area contributed by atoms with Crippen LogP contribution in [0.3, 0.4) is 0 Å². The summed E-state index contributed by atoms with van der Waals surface area (Å²) in [5.74, 6) is -0.824. The van der Waals surface area contributed by atoms with Gasteiger partial charge >= 0.3 is 5.97 Å². The van der Waals surface area contributed by atoms with Gasteiger partial charge in [-0.2, -0.15) is 0 Å². The number of nitrogens with zero attached hydrogens (tertiary/aromatic N) is 1. The molecule has 0 heterocycles. The van der Waals surface area contributed by atoms with Gasteiger partial charge < -0.3 is 9.64 Å². The molecule has 0 N–H and O–H groups in total. The van der Waals surface area contributed by atoms with Crippen molar-refractivity contribution in [3.63, 3.8) is 0 Å². The summed E-state index contributed by atoms with van der Waals surface area (Å²) in [4.78, 5) is 26.9. The Hall–Kier alpha value is -3.11. The van der Waals surface area contributed by atoms with Gasteiger partial charge in [0.25, 0.3) is 5.91 Å². The number of amides is 1. The molecule has 0 bridgehead atoms. The van der Waals surface area contributed by atoms with Crippen molar-refractivity contribution in [1.29, 1.82) is 0 Å². The molecular weight excluding hydrogens is 362 g/mol. The number of rotatable bonds is 5. The van der Waals surface area contributed by atoms with Gasteiger partial charge in [0.2, 0.25) is 0 Å². The van der Waals surface area contributed by atoms with Crippen LogP contribution >= 0.6 is 11.6 Å². The van der Waals surface area contributed by atoms with Crippen LogP contribution in [0.15, 0.2) is 78.9 Å². The Bertz CT molecular complexity index is 939. The van der Waals surface area contributed by atoms with E-state index in [0.717, 1.165) is 11.3 Å². The highest BCUT2D eigenvalue weighted by Crippen LogP contribution is 2.19. The van der Waals surface area contributed by atoms with E-state index in [9.17, 15) is 9.59 Å². The smallest absolute Gasteiger partial charge is 0.339 e. The zero-order valence-electron chi connectivity index (χ0n) is 14.8. The second kappa shape index (κ2) is 8.52. The lowest BCUT2D eigenvalue weighted by Gasteiger charge is -2.18. The number of carbonyl (C=O) groups excluding carboxylic acids is 2. The van der Waals surface area contributed by atoms with Crippen molar-refractivity contribution in [2.24, 2.45) is 0 Å². The number of hydrogen-bond donors (Lipinski definition) is 0. The molecule has 0 radical (unpaired) electrons. The number of para-hydroxylation sites is 1. The maximum atomic E-state index is 12.9. The van der Waals surface area contributed by atoms with Crippen LogP contribution < -0.4 is 4.90 Å². The third-order valence-electron chi connectivity index (χ3n) is 4.11. The topological polar surface area (TPSA) is 46.6 Å². The average molecular weight is 380 g/mol. The Morgan fingerprint density at radius 2 is 1.44 bits per heavy atom. The number of carbonyl (C=O) groups is 2. The third-order valence-corrected chi connectivity index (χ3v) is 4.36. The maximum Gasteiger partial charge on any atom is 0.339 e. The first-order valence-corrected chi connectivity index (χ1v) is 8.78. The molecule has 3 aromatic carbocycles. The van der Waals surface area contributed by atoms with Crippen LogP contribution in [0.4, 0.5) is 5.69 Å². The van der Waals surface area contributed by atoms with E-state index in [2.05, 4.69) is 0 Å². The molecule has 5 heteroatoms. The summed E-state index contributed by atoms with van der Waals surface area (Å²) in [6.45, 7) is 0.104. The highest BCUT2D eigenvalue weighted by atomic mass is 35.5. The van der Waals surface area contributed by atoms with Crippen molar-refractivity contribution in [1.82, 2.24) is 0 Å². The minimum Gasteiger partial charge on any atom is -0.457 e. The van der Waals surface area contributed by atoms with Gasteiger partial charge in [0.1, 0.15) is 6.61 Å². The lowest BCUT2D eigenvalue weighted by Crippen LogP contribution is -2.28.